The molecule has 0 radical (unpaired) electrons. The molecule has 5 nitrogen and oxygen atoms in total. The van der Waals surface area contributed by atoms with Gasteiger partial charge in [0.05, 0.1) is 5.02 Å². The van der Waals surface area contributed by atoms with Crippen LogP contribution in [0.2, 0.25) is 5.02 Å². The lowest BCUT2D eigenvalue weighted by molar-refractivity contribution is -0.117. The van der Waals surface area contributed by atoms with E-state index in [2.05, 4.69) is 20.8 Å². The Balaban J connectivity index is 2.04. The largest absolute Gasteiger partial charge is 0.374 e. The van der Waals surface area contributed by atoms with E-state index in [1.807, 2.05) is 13.8 Å². The lowest BCUT2D eigenvalue weighted by atomic mass is 10.2. The highest BCUT2D eigenvalue weighted by Gasteiger charge is 2.18. The van der Waals surface area contributed by atoms with Crippen LogP contribution in [0.1, 0.15) is 18.4 Å². The van der Waals surface area contributed by atoms with Gasteiger partial charge >= 0.3 is 0 Å². The van der Waals surface area contributed by atoms with E-state index < -0.39 is 11.9 Å². The fraction of sp³-hybridized carbons (Fsp3) is 0.308. The van der Waals surface area contributed by atoms with Gasteiger partial charge in [0.15, 0.2) is 0 Å². The minimum Gasteiger partial charge on any atom is -0.374 e. The Labute approximate surface area is 130 Å². The van der Waals surface area contributed by atoms with Crippen molar-refractivity contribution in [3.05, 3.63) is 34.0 Å². The average Bonchev–Trinajstić information content (AvgIpc) is 2.85. The van der Waals surface area contributed by atoms with Crippen LogP contribution < -0.4 is 10.6 Å². The van der Waals surface area contributed by atoms with Gasteiger partial charge in [-0.15, -0.1) is 10.2 Å². The maximum atomic E-state index is 13.1. The van der Waals surface area contributed by atoms with Gasteiger partial charge in [-0.05, 0) is 31.5 Å². The standard InChI is InChI=1S/C13H14ClFN4OS/c1-3-11(12(20)17-13-19-18-7(2)21-13)16-8-4-5-10(15)9(14)6-8/h4-6,11,16H,3H2,1-2H3,(H,17,19,20)/t11-/m0/s1. The zero-order chi connectivity index (χ0) is 15.4. The van der Waals surface area contributed by atoms with Gasteiger partial charge in [0, 0.05) is 5.69 Å². The summed E-state index contributed by atoms with van der Waals surface area (Å²) in [5.74, 6) is -0.724. The van der Waals surface area contributed by atoms with E-state index in [1.165, 1.54) is 29.5 Å². The predicted octanol–water partition coefficient (Wildman–Crippen LogP) is 3.47. The molecule has 0 aliphatic carbocycles. The van der Waals surface area contributed by atoms with Crippen LogP contribution in [0.15, 0.2) is 18.2 Å². The minimum atomic E-state index is -0.496. The summed E-state index contributed by atoms with van der Waals surface area (Å²) in [6.45, 7) is 3.68. The van der Waals surface area contributed by atoms with Crippen LogP contribution >= 0.6 is 22.9 Å². The molecule has 0 saturated heterocycles. The Morgan fingerprint density at radius 3 is 2.81 bits per heavy atom. The molecule has 0 fully saturated rings. The molecule has 1 atom stereocenters. The van der Waals surface area contributed by atoms with Crippen molar-refractivity contribution in [2.24, 2.45) is 0 Å². The van der Waals surface area contributed by atoms with E-state index in [0.717, 1.165) is 5.01 Å². The smallest absolute Gasteiger partial charge is 0.248 e. The molecule has 2 aromatic rings. The second-order valence-corrected chi connectivity index (χ2v) is 5.94. The number of rotatable bonds is 5. The van der Waals surface area contributed by atoms with Crippen molar-refractivity contribution < 1.29 is 9.18 Å². The third-order valence-electron chi connectivity index (χ3n) is 2.74. The van der Waals surface area contributed by atoms with Gasteiger partial charge < -0.3 is 5.32 Å². The van der Waals surface area contributed by atoms with Crippen molar-refractivity contribution >= 4 is 39.7 Å². The van der Waals surface area contributed by atoms with Gasteiger partial charge in [0.2, 0.25) is 11.0 Å². The van der Waals surface area contributed by atoms with Crippen LogP contribution in [0.4, 0.5) is 15.2 Å². The molecule has 1 heterocycles. The van der Waals surface area contributed by atoms with Crippen molar-refractivity contribution in [3.63, 3.8) is 0 Å². The summed E-state index contributed by atoms with van der Waals surface area (Å²) >= 11 is 7.02. The third kappa shape index (κ3) is 4.12. The zero-order valence-electron chi connectivity index (χ0n) is 11.5. The molecule has 1 amide bonds. The molecule has 112 valence electrons. The first-order valence-corrected chi connectivity index (χ1v) is 7.51. The van der Waals surface area contributed by atoms with E-state index in [4.69, 9.17) is 11.6 Å². The fourth-order valence-corrected chi connectivity index (χ4v) is 2.45. The van der Waals surface area contributed by atoms with Gasteiger partial charge in [0.1, 0.15) is 16.9 Å². The highest BCUT2D eigenvalue weighted by atomic mass is 35.5. The van der Waals surface area contributed by atoms with Crippen LogP contribution in [-0.4, -0.2) is 22.1 Å². The molecule has 1 aromatic heterocycles. The molecule has 0 bridgehead atoms. The zero-order valence-corrected chi connectivity index (χ0v) is 13.1. The Bertz CT molecular complexity index is 649. The third-order valence-corrected chi connectivity index (χ3v) is 3.79. The maximum Gasteiger partial charge on any atom is 0.248 e. The number of halogens is 2. The van der Waals surface area contributed by atoms with Crippen molar-refractivity contribution in [3.8, 4) is 0 Å². The molecule has 2 N–H and O–H groups in total. The SMILES string of the molecule is CC[C@H](Nc1ccc(F)c(Cl)c1)C(=O)Nc1nnc(C)s1. The summed E-state index contributed by atoms with van der Waals surface area (Å²) in [5, 5.41) is 14.6. The summed E-state index contributed by atoms with van der Waals surface area (Å²) in [6, 6.07) is 3.76. The summed E-state index contributed by atoms with van der Waals surface area (Å²) in [6.07, 6.45) is 0.554. The number of aryl methyl sites for hydroxylation is 1. The lowest BCUT2D eigenvalue weighted by Crippen LogP contribution is -2.34. The normalized spacial score (nSPS) is 12.0. The van der Waals surface area contributed by atoms with Gasteiger partial charge in [0.25, 0.3) is 0 Å². The van der Waals surface area contributed by atoms with Crippen LogP contribution in [0.3, 0.4) is 0 Å². The van der Waals surface area contributed by atoms with Crippen molar-refractivity contribution in [2.75, 3.05) is 10.6 Å². The number of hydrogen-bond donors (Lipinski definition) is 2. The Morgan fingerprint density at radius 2 is 2.24 bits per heavy atom. The maximum absolute atomic E-state index is 13.1. The summed E-state index contributed by atoms with van der Waals surface area (Å²) in [7, 11) is 0. The summed E-state index contributed by atoms with van der Waals surface area (Å²) in [5.41, 5.74) is 0.580. The van der Waals surface area contributed by atoms with Crippen LogP contribution in [0, 0.1) is 12.7 Å². The molecular formula is C13H14ClFN4OS. The number of anilines is 2. The average molecular weight is 329 g/mol. The number of amides is 1. The number of carbonyl (C=O) groups is 1. The number of hydrogen-bond acceptors (Lipinski definition) is 5. The van der Waals surface area contributed by atoms with Gasteiger partial charge in [-0.3, -0.25) is 10.1 Å². The van der Waals surface area contributed by atoms with E-state index in [1.54, 1.807) is 0 Å². The quantitative estimate of drug-likeness (QED) is 0.882. The van der Waals surface area contributed by atoms with E-state index in [0.29, 0.717) is 17.2 Å². The topological polar surface area (TPSA) is 66.9 Å². The van der Waals surface area contributed by atoms with Gasteiger partial charge in [-0.25, -0.2) is 4.39 Å². The number of nitrogens with zero attached hydrogens (tertiary/aromatic N) is 2. The number of nitrogens with one attached hydrogen (secondary N) is 2. The molecule has 0 spiro atoms. The Kier molecular flexibility index (Phi) is 5.08. The Hall–Kier alpha value is -1.73. The van der Waals surface area contributed by atoms with Crippen LogP contribution in [0.25, 0.3) is 0 Å². The number of aromatic nitrogens is 2. The highest BCUT2D eigenvalue weighted by molar-refractivity contribution is 7.15. The van der Waals surface area contributed by atoms with Crippen LogP contribution in [0.5, 0.6) is 0 Å². The first-order valence-electron chi connectivity index (χ1n) is 6.32. The van der Waals surface area contributed by atoms with Gasteiger partial charge in [-0.2, -0.15) is 0 Å². The Morgan fingerprint density at radius 1 is 1.48 bits per heavy atom. The lowest BCUT2D eigenvalue weighted by Gasteiger charge is -2.17. The number of benzene rings is 1. The van der Waals surface area contributed by atoms with Crippen molar-refractivity contribution in [2.45, 2.75) is 26.3 Å². The van der Waals surface area contributed by atoms with E-state index in [9.17, 15) is 9.18 Å². The van der Waals surface area contributed by atoms with Crippen molar-refractivity contribution in [1.82, 2.24) is 10.2 Å². The molecule has 8 heteroatoms. The molecular weight excluding hydrogens is 315 g/mol. The highest BCUT2D eigenvalue weighted by Crippen LogP contribution is 2.21. The molecule has 2 rings (SSSR count). The molecule has 0 saturated carbocycles. The molecule has 0 aliphatic rings. The van der Waals surface area contributed by atoms with E-state index in [-0.39, 0.29) is 10.9 Å². The van der Waals surface area contributed by atoms with Gasteiger partial charge in [-0.1, -0.05) is 29.9 Å². The molecule has 1 aromatic carbocycles. The first kappa shape index (κ1) is 15.7. The fourth-order valence-electron chi connectivity index (χ4n) is 1.68. The predicted molar refractivity (Wildman–Crippen MR) is 82.4 cm³/mol. The summed E-state index contributed by atoms with van der Waals surface area (Å²) < 4.78 is 13.1. The van der Waals surface area contributed by atoms with Crippen LogP contribution in [-0.2, 0) is 4.79 Å². The molecule has 0 unspecified atom stereocenters. The first-order chi connectivity index (χ1) is 9.99. The summed E-state index contributed by atoms with van der Waals surface area (Å²) in [4.78, 5) is 12.2. The second-order valence-electron chi connectivity index (χ2n) is 4.35. The number of carbonyl (C=O) groups excluding carboxylic acids is 1. The molecule has 21 heavy (non-hydrogen) atoms. The minimum absolute atomic E-state index is 0.00927. The van der Waals surface area contributed by atoms with Crippen molar-refractivity contribution in [1.29, 1.82) is 0 Å². The monoisotopic (exact) mass is 328 g/mol. The van der Waals surface area contributed by atoms with E-state index >= 15 is 0 Å². The molecule has 0 aliphatic heterocycles. The second kappa shape index (κ2) is 6.82.